The number of ether oxygens (including phenoxy) is 1. The van der Waals surface area contributed by atoms with Gasteiger partial charge in [-0.3, -0.25) is 4.98 Å². The molecular weight excluding hydrogens is 374 g/mol. The fourth-order valence-corrected chi connectivity index (χ4v) is 4.02. The van der Waals surface area contributed by atoms with E-state index in [9.17, 15) is 5.11 Å². The van der Waals surface area contributed by atoms with Crippen LogP contribution in [0.5, 0.6) is 11.5 Å². The van der Waals surface area contributed by atoms with Crippen LogP contribution in [0.25, 0.3) is 0 Å². The summed E-state index contributed by atoms with van der Waals surface area (Å²) in [6, 6.07) is 15.1. The number of hydrogen-bond acceptors (Lipinski definition) is 5. The molecule has 0 radical (unpaired) electrons. The van der Waals surface area contributed by atoms with E-state index in [2.05, 4.69) is 4.98 Å². The maximum absolute atomic E-state index is 10.4. The van der Waals surface area contributed by atoms with Gasteiger partial charge in [0, 0.05) is 40.5 Å². The summed E-state index contributed by atoms with van der Waals surface area (Å²) in [5.74, 6) is 1.03. The third-order valence-corrected chi connectivity index (χ3v) is 5.42. The van der Waals surface area contributed by atoms with Gasteiger partial charge in [-0.15, -0.1) is 0 Å². The Labute approximate surface area is 167 Å². The highest BCUT2D eigenvalue weighted by atomic mass is 35.5. The summed E-state index contributed by atoms with van der Waals surface area (Å²) < 4.78 is 6.28. The fraction of sp³-hybridized carbons (Fsp3) is 0.182. The van der Waals surface area contributed by atoms with Gasteiger partial charge in [0.05, 0.1) is 11.8 Å². The Kier molecular flexibility index (Phi) is 3.98. The van der Waals surface area contributed by atoms with Crippen LogP contribution in [0, 0.1) is 6.92 Å². The van der Waals surface area contributed by atoms with Crippen LogP contribution < -0.4 is 4.74 Å². The Bertz CT molecular complexity index is 1080. The largest absolute Gasteiger partial charge is 0.507 e. The molecule has 5 rings (SSSR count). The minimum Gasteiger partial charge on any atom is -0.507 e. The van der Waals surface area contributed by atoms with Gasteiger partial charge in [-0.05, 0) is 43.3 Å². The quantitative estimate of drug-likeness (QED) is 0.668. The molecule has 1 aromatic heterocycles. The molecule has 0 spiro atoms. The van der Waals surface area contributed by atoms with Gasteiger partial charge in [-0.25, -0.2) is 5.01 Å². The van der Waals surface area contributed by atoms with Crippen molar-refractivity contribution >= 4 is 17.3 Å². The molecule has 140 valence electrons. The Morgan fingerprint density at radius 2 is 2.07 bits per heavy atom. The normalized spacial score (nSPS) is 20.2. The predicted octanol–water partition coefficient (Wildman–Crippen LogP) is 4.99. The molecule has 0 bridgehead atoms. The number of aromatic nitrogens is 1. The van der Waals surface area contributed by atoms with Crippen molar-refractivity contribution < 1.29 is 9.84 Å². The minimum atomic E-state index is -0.392. The van der Waals surface area contributed by atoms with Gasteiger partial charge in [-0.1, -0.05) is 29.3 Å². The SMILES string of the molecule is Cc1ccc(O)c(C2=NN3C(C2)c2cc(Cl)ccc2OC3c2cccnc2)c1. The predicted molar refractivity (Wildman–Crippen MR) is 108 cm³/mol. The molecule has 2 aromatic carbocycles. The Hall–Kier alpha value is -3.05. The van der Waals surface area contributed by atoms with Crippen molar-refractivity contribution in [1.82, 2.24) is 9.99 Å². The molecule has 2 aliphatic heterocycles. The van der Waals surface area contributed by atoms with Gasteiger partial charge in [0.25, 0.3) is 0 Å². The van der Waals surface area contributed by atoms with Crippen molar-refractivity contribution in [2.45, 2.75) is 25.6 Å². The van der Waals surface area contributed by atoms with Gasteiger partial charge in [-0.2, -0.15) is 5.10 Å². The van der Waals surface area contributed by atoms with E-state index in [0.717, 1.165) is 33.7 Å². The molecule has 3 heterocycles. The average Bonchev–Trinajstić information content (AvgIpc) is 3.15. The van der Waals surface area contributed by atoms with E-state index in [1.807, 2.05) is 54.4 Å². The molecule has 1 N–H and O–H groups in total. The number of fused-ring (bicyclic) bond motifs is 3. The van der Waals surface area contributed by atoms with Crippen molar-refractivity contribution in [3.05, 3.63) is 88.2 Å². The second-order valence-electron chi connectivity index (χ2n) is 7.11. The molecule has 28 heavy (non-hydrogen) atoms. The molecule has 2 atom stereocenters. The van der Waals surface area contributed by atoms with Gasteiger partial charge in [0.15, 0.2) is 0 Å². The van der Waals surface area contributed by atoms with Gasteiger partial charge in [0.1, 0.15) is 11.5 Å². The third kappa shape index (κ3) is 2.79. The second kappa shape index (κ2) is 6.53. The van der Waals surface area contributed by atoms with E-state index in [-0.39, 0.29) is 11.8 Å². The molecule has 0 saturated heterocycles. The number of halogens is 1. The summed E-state index contributed by atoms with van der Waals surface area (Å²) in [7, 11) is 0. The maximum atomic E-state index is 10.4. The summed E-state index contributed by atoms with van der Waals surface area (Å²) in [4.78, 5) is 4.23. The highest BCUT2D eigenvalue weighted by Crippen LogP contribution is 2.48. The number of nitrogens with zero attached hydrogens (tertiary/aromatic N) is 3. The fourth-order valence-electron chi connectivity index (χ4n) is 3.84. The Morgan fingerprint density at radius 1 is 1.18 bits per heavy atom. The summed E-state index contributed by atoms with van der Waals surface area (Å²) in [5, 5.41) is 17.9. The van der Waals surface area contributed by atoms with Crippen LogP contribution >= 0.6 is 11.6 Å². The first kappa shape index (κ1) is 17.1. The third-order valence-electron chi connectivity index (χ3n) is 5.18. The molecular formula is C22H18ClN3O2. The Balaban J connectivity index is 1.63. The lowest BCUT2D eigenvalue weighted by molar-refractivity contribution is -0.0192. The second-order valence-corrected chi connectivity index (χ2v) is 7.54. The number of benzene rings is 2. The molecule has 2 aliphatic rings. The monoisotopic (exact) mass is 391 g/mol. The zero-order chi connectivity index (χ0) is 19.3. The first-order chi connectivity index (χ1) is 13.6. The smallest absolute Gasteiger partial charge is 0.215 e. The van der Waals surface area contributed by atoms with Crippen molar-refractivity contribution in [2.24, 2.45) is 5.10 Å². The first-order valence-electron chi connectivity index (χ1n) is 9.12. The molecule has 0 saturated carbocycles. The van der Waals surface area contributed by atoms with Gasteiger partial charge >= 0.3 is 0 Å². The van der Waals surface area contributed by atoms with Crippen LogP contribution in [0.4, 0.5) is 0 Å². The van der Waals surface area contributed by atoms with Crippen LogP contribution in [-0.4, -0.2) is 20.8 Å². The Morgan fingerprint density at radius 3 is 2.89 bits per heavy atom. The standard InChI is InChI=1S/C22H18ClN3O2/c1-13-4-6-20(27)16(9-13)18-11-19-17-10-15(23)5-7-21(17)28-22(26(19)25-18)14-3-2-8-24-12-14/h2-10,12,19,22,27H,11H2,1H3. The number of rotatable bonds is 2. The first-order valence-corrected chi connectivity index (χ1v) is 9.50. The number of hydrogen-bond donors (Lipinski definition) is 1. The summed E-state index contributed by atoms with van der Waals surface area (Å²) >= 11 is 6.26. The van der Waals surface area contributed by atoms with Crippen LogP contribution in [0.3, 0.4) is 0 Å². The zero-order valence-corrected chi connectivity index (χ0v) is 16.0. The van der Waals surface area contributed by atoms with Crippen LogP contribution in [-0.2, 0) is 0 Å². The summed E-state index contributed by atoms with van der Waals surface area (Å²) in [6.07, 6.45) is 3.79. The van der Waals surface area contributed by atoms with Gasteiger partial charge in [0.2, 0.25) is 6.23 Å². The lowest BCUT2D eigenvalue weighted by Crippen LogP contribution is -2.33. The molecule has 0 aliphatic carbocycles. The number of phenols is 1. The highest BCUT2D eigenvalue weighted by molar-refractivity contribution is 6.30. The molecule has 2 unspecified atom stereocenters. The van der Waals surface area contributed by atoms with Gasteiger partial charge < -0.3 is 9.84 Å². The highest BCUT2D eigenvalue weighted by Gasteiger charge is 2.41. The van der Waals surface area contributed by atoms with Crippen molar-refractivity contribution in [3.63, 3.8) is 0 Å². The summed E-state index contributed by atoms with van der Waals surface area (Å²) in [6.45, 7) is 2.00. The van der Waals surface area contributed by atoms with Crippen LogP contribution in [0.15, 0.2) is 66.0 Å². The van der Waals surface area contributed by atoms with Crippen LogP contribution in [0.1, 0.15) is 40.9 Å². The molecule has 0 fully saturated rings. The van der Waals surface area contributed by atoms with E-state index < -0.39 is 6.23 Å². The summed E-state index contributed by atoms with van der Waals surface area (Å²) in [5.41, 5.74) is 4.58. The van der Waals surface area contributed by atoms with Crippen molar-refractivity contribution in [1.29, 1.82) is 0 Å². The molecule has 3 aromatic rings. The number of phenolic OH excluding ortho intramolecular Hbond substituents is 1. The van der Waals surface area contributed by atoms with E-state index in [1.165, 1.54) is 0 Å². The molecule has 5 nitrogen and oxygen atoms in total. The number of hydrazone groups is 1. The van der Waals surface area contributed by atoms with Crippen molar-refractivity contribution in [3.8, 4) is 11.5 Å². The van der Waals surface area contributed by atoms with E-state index in [1.54, 1.807) is 18.5 Å². The average molecular weight is 392 g/mol. The topological polar surface area (TPSA) is 58.0 Å². The van der Waals surface area contributed by atoms with E-state index >= 15 is 0 Å². The zero-order valence-electron chi connectivity index (χ0n) is 15.2. The lowest BCUT2D eigenvalue weighted by Gasteiger charge is -2.38. The molecule has 0 amide bonds. The minimum absolute atomic E-state index is 0.0254. The maximum Gasteiger partial charge on any atom is 0.215 e. The lowest BCUT2D eigenvalue weighted by atomic mass is 9.95. The number of aryl methyl sites for hydroxylation is 1. The van der Waals surface area contributed by atoms with Crippen LogP contribution in [0.2, 0.25) is 5.02 Å². The number of aromatic hydroxyl groups is 1. The molecule has 6 heteroatoms. The van der Waals surface area contributed by atoms with Crippen molar-refractivity contribution in [2.75, 3.05) is 0 Å². The van der Waals surface area contributed by atoms with E-state index in [0.29, 0.717) is 11.4 Å². The number of pyridine rings is 1. The van der Waals surface area contributed by atoms with E-state index in [4.69, 9.17) is 21.4 Å².